The number of hydrogen-bond acceptors (Lipinski definition) is 4. The lowest BCUT2D eigenvalue weighted by molar-refractivity contribution is 0.371. The van der Waals surface area contributed by atoms with Gasteiger partial charge < -0.3 is 15.2 Å². The molecule has 1 aromatic heterocycles. The normalized spacial score (nSPS) is 13.1. The monoisotopic (exact) mass is 343 g/mol. The quantitative estimate of drug-likeness (QED) is 0.597. The molecule has 0 saturated carbocycles. The van der Waals surface area contributed by atoms with Gasteiger partial charge in [-0.2, -0.15) is 4.98 Å². The molecule has 1 atom stereocenters. The van der Waals surface area contributed by atoms with Crippen LogP contribution in [0, 0.1) is 6.92 Å². The van der Waals surface area contributed by atoms with Crippen LogP contribution in [0.2, 0.25) is 0 Å². The molecule has 0 saturated heterocycles. The van der Waals surface area contributed by atoms with E-state index in [1.165, 1.54) is 11.1 Å². The van der Waals surface area contributed by atoms with Crippen LogP contribution in [0.5, 0.6) is 0 Å². The van der Waals surface area contributed by atoms with Crippen LogP contribution in [0.3, 0.4) is 0 Å². The van der Waals surface area contributed by atoms with Gasteiger partial charge in [0.05, 0.1) is 0 Å². The van der Waals surface area contributed by atoms with Gasteiger partial charge in [0.1, 0.15) is 0 Å². The van der Waals surface area contributed by atoms with Gasteiger partial charge in [0.2, 0.25) is 5.89 Å². The predicted molar refractivity (Wildman–Crippen MR) is 101 cm³/mol. The Hall–Kier alpha value is -2.37. The third-order valence-electron chi connectivity index (χ3n) is 4.04. The third-order valence-corrected chi connectivity index (χ3v) is 4.04. The van der Waals surface area contributed by atoms with Crippen molar-refractivity contribution in [1.82, 2.24) is 20.8 Å². The Labute approximate surface area is 150 Å². The fraction of sp³-hybridized carbons (Fsp3) is 0.526. The van der Waals surface area contributed by atoms with Crippen molar-refractivity contribution in [3.8, 4) is 0 Å². The SMILES string of the molecule is CN=C(NCCc1nc(C(C)C)no1)NCC(C)c1cccc(C)c1. The molecule has 0 aliphatic carbocycles. The molecule has 6 heteroatoms. The highest BCUT2D eigenvalue weighted by Gasteiger charge is 2.10. The zero-order chi connectivity index (χ0) is 18.2. The first-order valence-corrected chi connectivity index (χ1v) is 8.83. The van der Waals surface area contributed by atoms with Crippen LogP contribution in [0.1, 0.15) is 55.4 Å². The Morgan fingerprint density at radius 3 is 2.68 bits per heavy atom. The Morgan fingerprint density at radius 2 is 2.04 bits per heavy atom. The first-order valence-electron chi connectivity index (χ1n) is 8.83. The summed E-state index contributed by atoms with van der Waals surface area (Å²) >= 11 is 0. The van der Waals surface area contributed by atoms with E-state index >= 15 is 0 Å². The minimum absolute atomic E-state index is 0.281. The maximum Gasteiger partial charge on any atom is 0.228 e. The molecular formula is C19H29N5O. The van der Waals surface area contributed by atoms with Crippen LogP contribution in [0.15, 0.2) is 33.8 Å². The number of nitrogens with one attached hydrogen (secondary N) is 2. The first kappa shape index (κ1) is 19.0. The summed E-state index contributed by atoms with van der Waals surface area (Å²) in [5.74, 6) is 2.87. The van der Waals surface area contributed by atoms with Crippen LogP contribution in [0.25, 0.3) is 0 Å². The number of hydrogen-bond donors (Lipinski definition) is 2. The van der Waals surface area contributed by atoms with Crippen molar-refractivity contribution in [1.29, 1.82) is 0 Å². The van der Waals surface area contributed by atoms with Crippen LogP contribution < -0.4 is 10.6 Å². The van der Waals surface area contributed by atoms with Crippen molar-refractivity contribution in [2.24, 2.45) is 4.99 Å². The summed E-state index contributed by atoms with van der Waals surface area (Å²) in [7, 11) is 1.77. The van der Waals surface area contributed by atoms with E-state index in [0.29, 0.717) is 24.8 Å². The summed E-state index contributed by atoms with van der Waals surface area (Å²) < 4.78 is 5.25. The third kappa shape index (κ3) is 5.89. The molecule has 25 heavy (non-hydrogen) atoms. The van der Waals surface area contributed by atoms with Gasteiger partial charge in [-0.25, -0.2) is 0 Å². The van der Waals surface area contributed by atoms with Gasteiger partial charge in [-0.3, -0.25) is 4.99 Å². The molecule has 0 fully saturated rings. The molecule has 0 spiro atoms. The van der Waals surface area contributed by atoms with Crippen molar-refractivity contribution in [2.45, 2.75) is 46.0 Å². The zero-order valence-electron chi connectivity index (χ0n) is 15.8. The first-order chi connectivity index (χ1) is 12.0. The van der Waals surface area contributed by atoms with E-state index in [1.54, 1.807) is 7.05 Å². The standard InChI is InChI=1S/C19H29N5O/c1-13(2)18-23-17(25-24-18)9-10-21-19(20-5)22-12-15(4)16-8-6-7-14(3)11-16/h6-8,11,13,15H,9-10,12H2,1-5H3,(H2,20,21,22). The summed E-state index contributed by atoms with van der Waals surface area (Å²) in [5.41, 5.74) is 2.61. The number of guanidine groups is 1. The minimum Gasteiger partial charge on any atom is -0.356 e. The van der Waals surface area contributed by atoms with Gasteiger partial charge in [0, 0.05) is 32.5 Å². The number of aromatic nitrogens is 2. The molecule has 2 rings (SSSR count). The summed E-state index contributed by atoms with van der Waals surface area (Å²) in [6.45, 7) is 9.94. The van der Waals surface area contributed by atoms with E-state index in [-0.39, 0.29) is 5.92 Å². The van der Waals surface area contributed by atoms with E-state index in [0.717, 1.165) is 18.3 Å². The van der Waals surface area contributed by atoms with Gasteiger partial charge >= 0.3 is 0 Å². The fourth-order valence-corrected chi connectivity index (χ4v) is 2.46. The second-order valence-electron chi connectivity index (χ2n) is 6.65. The lowest BCUT2D eigenvalue weighted by Crippen LogP contribution is -2.39. The summed E-state index contributed by atoms with van der Waals surface area (Å²) in [4.78, 5) is 8.64. The molecule has 1 heterocycles. The second kappa shape index (κ2) is 9.20. The van der Waals surface area contributed by atoms with Gasteiger partial charge in [0.15, 0.2) is 11.8 Å². The van der Waals surface area contributed by atoms with E-state index in [1.807, 2.05) is 13.8 Å². The molecule has 1 aromatic carbocycles. The number of rotatable bonds is 7. The Morgan fingerprint density at radius 1 is 1.24 bits per heavy atom. The average molecular weight is 343 g/mol. The second-order valence-corrected chi connectivity index (χ2v) is 6.65. The highest BCUT2D eigenvalue weighted by Crippen LogP contribution is 2.15. The van der Waals surface area contributed by atoms with Gasteiger partial charge in [-0.15, -0.1) is 0 Å². The maximum atomic E-state index is 5.25. The Bertz CT molecular complexity index is 693. The fourth-order valence-electron chi connectivity index (χ4n) is 2.46. The van der Waals surface area contributed by atoms with Crippen molar-refractivity contribution in [2.75, 3.05) is 20.1 Å². The minimum atomic E-state index is 0.281. The van der Waals surface area contributed by atoms with E-state index in [9.17, 15) is 0 Å². The smallest absolute Gasteiger partial charge is 0.228 e. The molecule has 6 nitrogen and oxygen atoms in total. The van der Waals surface area contributed by atoms with Gasteiger partial charge in [-0.05, 0) is 18.4 Å². The summed E-state index contributed by atoms with van der Waals surface area (Å²) in [5, 5.41) is 10.6. The molecule has 1 unspecified atom stereocenters. The molecule has 2 N–H and O–H groups in total. The maximum absolute atomic E-state index is 5.25. The van der Waals surface area contributed by atoms with Gasteiger partial charge in [-0.1, -0.05) is 55.8 Å². The Kier molecular flexibility index (Phi) is 6.98. The topological polar surface area (TPSA) is 75.3 Å². The number of aliphatic imine (C=N–C) groups is 1. The van der Waals surface area contributed by atoms with Crippen molar-refractivity contribution >= 4 is 5.96 Å². The van der Waals surface area contributed by atoms with Crippen LogP contribution in [-0.4, -0.2) is 36.2 Å². The van der Waals surface area contributed by atoms with Gasteiger partial charge in [0.25, 0.3) is 0 Å². The molecule has 0 amide bonds. The van der Waals surface area contributed by atoms with E-state index < -0.39 is 0 Å². The van der Waals surface area contributed by atoms with Crippen molar-refractivity contribution in [3.05, 3.63) is 47.1 Å². The highest BCUT2D eigenvalue weighted by atomic mass is 16.5. The molecule has 0 bridgehead atoms. The highest BCUT2D eigenvalue weighted by molar-refractivity contribution is 5.79. The predicted octanol–water partition coefficient (Wildman–Crippen LogP) is 3.01. The average Bonchev–Trinajstić information content (AvgIpc) is 3.07. The molecule has 0 aliphatic heterocycles. The summed E-state index contributed by atoms with van der Waals surface area (Å²) in [6, 6.07) is 8.61. The van der Waals surface area contributed by atoms with Crippen LogP contribution in [-0.2, 0) is 6.42 Å². The van der Waals surface area contributed by atoms with Crippen LogP contribution in [0.4, 0.5) is 0 Å². The summed E-state index contributed by atoms with van der Waals surface area (Å²) in [6.07, 6.45) is 0.674. The lowest BCUT2D eigenvalue weighted by Gasteiger charge is -2.16. The Balaban J connectivity index is 1.76. The van der Waals surface area contributed by atoms with Crippen molar-refractivity contribution in [3.63, 3.8) is 0 Å². The number of nitrogens with zero attached hydrogens (tertiary/aromatic N) is 3. The molecule has 136 valence electrons. The largest absolute Gasteiger partial charge is 0.356 e. The van der Waals surface area contributed by atoms with Crippen molar-refractivity contribution < 1.29 is 4.52 Å². The molecule has 0 radical (unpaired) electrons. The number of benzene rings is 1. The van der Waals surface area contributed by atoms with E-state index in [4.69, 9.17) is 4.52 Å². The molecule has 0 aliphatic rings. The molecular weight excluding hydrogens is 314 g/mol. The zero-order valence-corrected chi connectivity index (χ0v) is 15.8. The molecule has 2 aromatic rings. The van der Waals surface area contributed by atoms with E-state index in [2.05, 4.69) is 63.9 Å². The lowest BCUT2D eigenvalue weighted by atomic mass is 9.99. The number of aryl methyl sites for hydroxylation is 1. The van der Waals surface area contributed by atoms with Crippen LogP contribution >= 0.6 is 0 Å².